The van der Waals surface area contributed by atoms with E-state index in [1.165, 1.54) is 18.9 Å². The second kappa shape index (κ2) is 7.90. The van der Waals surface area contributed by atoms with Crippen molar-refractivity contribution in [1.82, 2.24) is 10.2 Å². The van der Waals surface area contributed by atoms with E-state index in [0.29, 0.717) is 23.6 Å². The van der Waals surface area contributed by atoms with Gasteiger partial charge in [0.25, 0.3) is 5.91 Å². The van der Waals surface area contributed by atoms with E-state index in [1.807, 2.05) is 6.92 Å². The molecule has 1 amide bonds. The molecule has 0 aliphatic carbocycles. The van der Waals surface area contributed by atoms with Gasteiger partial charge in [-0.25, -0.2) is 4.39 Å². The molecule has 21 heavy (non-hydrogen) atoms. The van der Waals surface area contributed by atoms with E-state index >= 15 is 0 Å². The molecule has 1 atom stereocenters. The first-order valence-electron chi connectivity index (χ1n) is 7.60. The monoisotopic (exact) mass is 356 g/mol. The van der Waals surface area contributed by atoms with Crippen LogP contribution in [0.4, 0.5) is 4.39 Å². The zero-order valence-corrected chi connectivity index (χ0v) is 14.0. The minimum absolute atomic E-state index is 0.141. The average Bonchev–Trinajstić information content (AvgIpc) is 2.47. The molecular formula is C16H22BrFN2O. The number of rotatable bonds is 5. The highest BCUT2D eigenvalue weighted by atomic mass is 79.9. The van der Waals surface area contributed by atoms with Crippen LogP contribution in [-0.2, 0) is 0 Å². The van der Waals surface area contributed by atoms with E-state index in [-0.39, 0.29) is 11.5 Å². The van der Waals surface area contributed by atoms with Gasteiger partial charge in [0.1, 0.15) is 5.82 Å². The highest BCUT2D eigenvalue weighted by Crippen LogP contribution is 2.22. The van der Waals surface area contributed by atoms with Gasteiger partial charge in [-0.3, -0.25) is 4.79 Å². The predicted octanol–water partition coefficient (Wildman–Crippen LogP) is 3.58. The third-order valence-corrected chi connectivity index (χ3v) is 4.47. The Kier molecular flexibility index (Phi) is 6.18. The number of piperidine rings is 1. The predicted molar refractivity (Wildman–Crippen MR) is 85.9 cm³/mol. The molecule has 1 N–H and O–H groups in total. The van der Waals surface area contributed by atoms with Crippen LogP contribution in [0.15, 0.2) is 22.7 Å². The molecule has 1 saturated heterocycles. The molecule has 0 radical (unpaired) electrons. The summed E-state index contributed by atoms with van der Waals surface area (Å²) in [4.78, 5) is 14.4. The Morgan fingerprint density at radius 3 is 2.90 bits per heavy atom. The highest BCUT2D eigenvalue weighted by Gasteiger charge is 2.24. The molecule has 0 aromatic heterocycles. The fourth-order valence-electron chi connectivity index (χ4n) is 2.75. The van der Waals surface area contributed by atoms with Gasteiger partial charge in [-0.15, -0.1) is 0 Å². The molecular weight excluding hydrogens is 335 g/mol. The molecule has 1 aliphatic rings. The van der Waals surface area contributed by atoms with E-state index in [0.717, 1.165) is 19.4 Å². The number of nitrogens with zero attached hydrogens (tertiary/aromatic N) is 1. The van der Waals surface area contributed by atoms with Gasteiger partial charge in [-0.2, -0.15) is 0 Å². The van der Waals surface area contributed by atoms with E-state index in [4.69, 9.17) is 0 Å². The summed E-state index contributed by atoms with van der Waals surface area (Å²) in [6, 6.07) is 4.96. The lowest BCUT2D eigenvalue weighted by Crippen LogP contribution is -2.46. The summed E-state index contributed by atoms with van der Waals surface area (Å²) in [6.07, 6.45) is 4.32. The van der Waals surface area contributed by atoms with E-state index < -0.39 is 5.82 Å². The van der Waals surface area contributed by atoms with Crippen molar-refractivity contribution in [3.63, 3.8) is 0 Å². The number of carbonyl (C=O) groups is 1. The molecule has 5 heteroatoms. The third-order valence-electron chi connectivity index (χ3n) is 3.81. The molecule has 2 rings (SSSR count). The van der Waals surface area contributed by atoms with Crippen LogP contribution >= 0.6 is 15.9 Å². The molecule has 116 valence electrons. The third kappa shape index (κ3) is 4.27. The van der Waals surface area contributed by atoms with Gasteiger partial charge in [0.15, 0.2) is 0 Å². The Hall–Kier alpha value is -0.940. The summed E-state index contributed by atoms with van der Waals surface area (Å²) in [5.74, 6) is -0.693. The van der Waals surface area contributed by atoms with Crippen LogP contribution in [0.2, 0.25) is 0 Å². The van der Waals surface area contributed by atoms with Gasteiger partial charge >= 0.3 is 0 Å². The van der Waals surface area contributed by atoms with Crippen LogP contribution in [0.1, 0.15) is 43.0 Å². The normalized spacial score (nSPS) is 18.5. The second-order valence-corrected chi connectivity index (χ2v) is 6.35. The second-order valence-electron chi connectivity index (χ2n) is 5.49. The molecule has 1 aromatic rings. The molecule has 0 bridgehead atoms. The average molecular weight is 357 g/mol. The van der Waals surface area contributed by atoms with Crippen molar-refractivity contribution in [2.45, 2.75) is 38.6 Å². The van der Waals surface area contributed by atoms with Crippen molar-refractivity contribution in [2.24, 2.45) is 0 Å². The minimum Gasteiger partial charge on any atom is -0.337 e. The smallest absolute Gasteiger partial charge is 0.258 e. The SMILES string of the molecule is CCCN(CC1CCCCN1)C(=O)c1c(F)cccc1Br. The van der Waals surface area contributed by atoms with E-state index in [9.17, 15) is 9.18 Å². The summed E-state index contributed by atoms with van der Waals surface area (Å²) in [5, 5.41) is 3.44. The van der Waals surface area contributed by atoms with Crippen LogP contribution in [0, 0.1) is 5.82 Å². The lowest BCUT2D eigenvalue weighted by Gasteiger charge is -2.31. The molecule has 0 spiro atoms. The molecule has 1 unspecified atom stereocenters. The topological polar surface area (TPSA) is 32.3 Å². The van der Waals surface area contributed by atoms with E-state index in [1.54, 1.807) is 17.0 Å². The number of nitrogens with one attached hydrogen (secondary N) is 1. The maximum atomic E-state index is 14.0. The Morgan fingerprint density at radius 1 is 1.48 bits per heavy atom. The largest absolute Gasteiger partial charge is 0.337 e. The summed E-state index contributed by atoms with van der Waals surface area (Å²) in [5.41, 5.74) is 0.141. The van der Waals surface area contributed by atoms with E-state index in [2.05, 4.69) is 21.2 Å². The zero-order chi connectivity index (χ0) is 15.2. The fraction of sp³-hybridized carbons (Fsp3) is 0.562. The first-order valence-corrected chi connectivity index (χ1v) is 8.39. The van der Waals surface area contributed by atoms with Crippen LogP contribution in [0.3, 0.4) is 0 Å². The lowest BCUT2D eigenvalue weighted by atomic mass is 10.0. The number of hydrogen-bond donors (Lipinski definition) is 1. The lowest BCUT2D eigenvalue weighted by molar-refractivity contribution is 0.0726. The fourth-order valence-corrected chi connectivity index (χ4v) is 3.26. The summed E-state index contributed by atoms with van der Waals surface area (Å²) < 4.78 is 14.5. The first-order chi connectivity index (χ1) is 10.1. The van der Waals surface area contributed by atoms with Crippen LogP contribution in [0.25, 0.3) is 0 Å². The Labute approximate surface area is 134 Å². The molecule has 1 aromatic carbocycles. The number of halogens is 2. The van der Waals surface area contributed by atoms with Crippen molar-refractivity contribution < 1.29 is 9.18 Å². The number of hydrogen-bond acceptors (Lipinski definition) is 2. The van der Waals surface area contributed by atoms with Crippen molar-refractivity contribution in [3.05, 3.63) is 34.1 Å². The van der Waals surface area contributed by atoms with Gasteiger partial charge in [0.2, 0.25) is 0 Å². The molecule has 3 nitrogen and oxygen atoms in total. The maximum Gasteiger partial charge on any atom is 0.258 e. The van der Waals surface area contributed by atoms with Gasteiger partial charge in [0.05, 0.1) is 5.56 Å². The van der Waals surface area contributed by atoms with Crippen LogP contribution < -0.4 is 5.32 Å². The standard InChI is InChI=1S/C16H22BrFN2O/c1-2-10-20(11-12-6-3-4-9-19-12)16(21)15-13(17)7-5-8-14(15)18/h5,7-8,12,19H,2-4,6,9-11H2,1H3. The number of carbonyl (C=O) groups excluding carboxylic acids is 1. The van der Waals surface area contributed by atoms with Crippen LogP contribution in [0.5, 0.6) is 0 Å². The Bertz CT molecular complexity index is 469. The van der Waals surface area contributed by atoms with Gasteiger partial charge < -0.3 is 10.2 Å². The highest BCUT2D eigenvalue weighted by molar-refractivity contribution is 9.10. The minimum atomic E-state index is -0.466. The van der Waals surface area contributed by atoms with Gasteiger partial charge in [-0.05, 0) is 53.9 Å². The Morgan fingerprint density at radius 2 is 2.29 bits per heavy atom. The van der Waals surface area contributed by atoms with Crippen molar-refractivity contribution in [2.75, 3.05) is 19.6 Å². The first kappa shape index (κ1) is 16.4. The van der Waals surface area contributed by atoms with Crippen molar-refractivity contribution in [1.29, 1.82) is 0 Å². The molecule has 0 saturated carbocycles. The zero-order valence-electron chi connectivity index (χ0n) is 12.4. The summed E-state index contributed by atoms with van der Waals surface area (Å²) >= 11 is 3.29. The van der Waals surface area contributed by atoms with Gasteiger partial charge in [-0.1, -0.05) is 19.4 Å². The maximum absolute atomic E-state index is 14.0. The quantitative estimate of drug-likeness (QED) is 0.874. The van der Waals surface area contributed by atoms with Crippen molar-refractivity contribution in [3.8, 4) is 0 Å². The van der Waals surface area contributed by atoms with Gasteiger partial charge in [0, 0.05) is 23.6 Å². The molecule has 1 aliphatic heterocycles. The van der Waals surface area contributed by atoms with Crippen LogP contribution in [-0.4, -0.2) is 36.5 Å². The molecule has 1 fully saturated rings. The summed E-state index contributed by atoms with van der Waals surface area (Å²) in [7, 11) is 0. The Balaban J connectivity index is 2.14. The number of benzene rings is 1. The molecule has 1 heterocycles. The number of amides is 1. The summed E-state index contributed by atoms with van der Waals surface area (Å²) in [6.45, 7) is 4.33. The van der Waals surface area contributed by atoms with Crippen molar-refractivity contribution >= 4 is 21.8 Å².